The van der Waals surface area contributed by atoms with E-state index >= 15 is 0 Å². The molecule has 1 aromatic carbocycles. The number of likely N-dealkylation sites (tertiary alicyclic amines) is 1. The van der Waals surface area contributed by atoms with Crippen LogP contribution in [0.25, 0.3) is 0 Å². The van der Waals surface area contributed by atoms with Crippen molar-refractivity contribution < 1.29 is 9.59 Å². The predicted molar refractivity (Wildman–Crippen MR) is 95.2 cm³/mol. The number of halogens is 2. The maximum atomic E-state index is 12.4. The molecular weight excluding hydrogens is 335 g/mol. The number of ketones is 1. The fraction of sp³-hybridized carbons (Fsp3) is 0.529. The average molecular weight is 359 g/mol. The van der Waals surface area contributed by atoms with E-state index in [2.05, 4.69) is 6.92 Å². The molecule has 0 aromatic heterocycles. The van der Waals surface area contributed by atoms with Crippen molar-refractivity contribution in [3.05, 3.63) is 34.9 Å². The van der Waals surface area contributed by atoms with Crippen LogP contribution in [0.2, 0.25) is 5.02 Å². The summed E-state index contributed by atoms with van der Waals surface area (Å²) >= 11 is 5.81. The Morgan fingerprint density at radius 2 is 1.91 bits per heavy atom. The lowest BCUT2D eigenvalue weighted by Crippen LogP contribution is -2.49. The van der Waals surface area contributed by atoms with E-state index in [4.69, 9.17) is 17.3 Å². The molecule has 1 saturated heterocycles. The van der Waals surface area contributed by atoms with Gasteiger partial charge in [-0.2, -0.15) is 0 Å². The number of carbonyl (C=O) groups is 2. The molecule has 1 fully saturated rings. The Labute approximate surface area is 148 Å². The monoisotopic (exact) mass is 358 g/mol. The maximum Gasteiger partial charge on any atom is 0.223 e. The highest BCUT2D eigenvalue weighted by Crippen LogP contribution is 2.23. The van der Waals surface area contributed by atoms with Gasteiger partial charge in [0.15, 0.2) is 5.78 Å². The molecule has 0 saturated carbocycles. The van der Waals surface area contributed by atoms with Gasteiger partial charge in [-0.15, -0.1) is 12.4 Å². The number of Topliss-reactive ketones (excluding diaryl/α,β-unsaturated/α-hetero) is 1. The van der Waals surface area contributed by atoms with E-state index in [9.17, 15) is 9.59 Å². The van der Waals surface area contributed by atoms with Crippen molar-refractivity contribution in [1.82, 2.24) is 4.90 Å². The topological polar surface area (TPSA) is 63.4 Å². The van der Waals surface area contributed by atoms with Gasteiger partial charge in [0.05, 0.1) is 0 Å². The first-order chi connectivity index (χ1) is 10.5. The lowest BCUT2D eigenvalue weighted by atomic mass is 9.92. The minimum Gasteiger partial charge on any atom is -0.338 e. The number of nitrogens with two attached hydrogens (primary N) is 1. The molecule has 1 amide bonds. The molecule has 1 aliphatic rings. The van der Waals surface area contributed by atoms with Gasteiger partial charge in [0.25, 0.3) is 0 Å². The van der Waals surface area contributed by atoms with E-state index < -0.39 is 0 Å². The van der Waals surface area contributed by atoms with Gasteiger partial charge in [-0.25, -0.2) is 0 Å². The Morgan fingerprint density at radius 3 is 2.52 bits per heavy atom. The van der Waals surface area contributed by atoms with Gasteiger partial charge in [-0.1, -0.05) is 18.5 Å². The second-order valence-electron chi connectivity index (χ2n) is 6.04. The normalized spacial score (nSPS) is 20.7. The second-order valence-corrected chi connectivity index (χ2v) is 6.47. The zero-order chi connectivity index (χ0) is 16.1. The number of hydrogen-bond acceptors (Lipinski definition) is 3. The summed E-state index contributed by atoms with van der Waals surface area (Å²) in [5.74, 6) is 0.609. The molecule has 6 heteroatoms. The Balaban J connectivity index is 0.00000264. The number of rotatable bonds is 5. The van der Waals surface area contributed by atoms with Crippen LogP contribution >= 0.6 is 24.0 Å². The van der Waals surface area contributed by atoms with Crippen LogP contribution in [0.15, 0.2) is 24.3 Å². The van der Waals surface area contributed by atoms with Gasteiger partial charge in [0.1, 0.15) is 0 Å². The molecule has 128 valence electrons. The minimum atomic E-state index is -0.0281. The van der Waals surface area contributed by atoms with Gasteiger partial charge in [-0.3, -0.25) is 9.59 Å². The molecule has 2 unspecified atom stereocenters. The third-order valence-corrected chi connectivity index (χ3v) is 4.55. The summed E-state index contributed by atoms with van der Waals surface area (Å²) in [5, 5.41) is 0.598. The molecule has 0 spiro atoms. The van der Waals surface area contributed by atoms with Crippen molar-refractivity contribution in [3.63, 3.8) is 0 Å². The summed E-state index contributed by atoms with van der Waals surface area (Å²) in [4.78, 5) is 26.3. The third kappa shape index (κ3) is 5.48. The van der Waals surface area contributed by atoms with Crippen molar-refractivity contribution in [3.8, 4) is 0 Å². The third-order valence-electron chi connectivity index (χ3n) is 4.30. The zero-order valence-corrected chi connectivity index (χ0v) is 14.9. The van der Waals surface area contributed by atoms with Crippen LogP contribution < -0.4 is 5.73 Å². The number of piperidine rings is 1. The van der Waals surface area contributed by atoms with Crippen molar-refractivity contribution in [2.45, 2.75) is 38.6 Å². The van der Waals surface area contributed by atoms with Crippen LogP contribution in [0.1, 0.15) is 43.0 Å². The van der Waals surface area contributed by atoms with Crippen molar-refractivity contribution >= 4 is 35.7 Å². The quantitative estimate of drug-likeness (QED) is 0.821. The first kappa shape index (κ1) is 19.9. The molecule has 2 atom stereocenters. The lowest BCUT2D eigenvalue weighted by molar-refractivity contribution is -0.135. The molecule has 2 rings (SSSR count). The van der Waals surface area contributed by atoms with Gasteiger partial charge in [-0.05, 0) is 43.0 Å². The summed E-state index contributed by atoms with van der Waals surface area (Å²) in [6, 6.07) is 6.88. The summed E-state index contributed by atoms with van der Waals surface area (Å²) in [6.45, 7) is 3.42. The molecule has 0 aliphatic carbocycles. The summed E-state index contributed by atoms with van der Waals surface area (Å²) in [6.07, 6.45) is 2.43. The first-order valence-corrected chi connectivity index (χ1v) is 8.17. The second kappa shape index (κ2) is 9.26. The summed E-state index contributed by atoms with van der Waals surface area (Å²) in [7, 11) is 0. The highest BCUT2D eigenvalue weighted by Gasteiger charge is 2.28. The van der Waals surface area contributed by atoms with E-state index in [0.29, 0.717) is 23.0 Å². The molecular formula is C17H24Cl2N2O2. The van der Waals surface area contributed by atoms with Crippen LogP contribution in [-0.4, -0.2) is 35.7 Å². The Bertz CT molecular complexity index is 534. The van der Waals surface area contributed by atoms with Gasteiger partial charge in [0.2, 0.25) is 5.91 Å². The van der Waals surface area contributed by atoms with E-state index in [1.54, 1.807) is 24.3 Å². The predicted octanol–water partition coefficient (Wildman–Crippen LogP) is 3.31. The van der Waals surface area contributed by atoms with Crippen LogP contribution in [-0.2, 0) is 4.79 Å². The van der Waals surface area contributed by atoms with Crippen molar-refractivity contribution in [2.75, 3.05) is 13.1 Å². The molecule has 0 bridgehead atoms. The van der Waals surface area contributed by atoms with Crippen LogP contribution in [0.3, 0.4) is 0 Å². The van der Waals surface area contributed by atoms with Crippen LogP contribution in [0, 0.1) is 5.92 Å². The van der Waals surface area contributed by atoms with Gasteiger partial charge < -0.3 is 10.6 Å². The Morgan fingerprint density at radius 1 is 1.26 bits per heavy atom. The maximum absolute atomic E-state index is 12.4. The average Bonchev–Trinajstić information content (AvgIpc) is 2.52. The number of carbonyl (C=O) groups excluding carboxylic acids is 2. The van der Waals surface area contributed by atoms with Crippen LogP contribution in [0.5, 0.6) is 0 Å². The minimum absolute atomic E-state index is 0. The first-order valence-electron chi connectivity index (χ1n) is 7.79. The number of hydrogen-bond donors (Lipinski definition) is 1. The van der Waals surface area contributed by atoms with Crippen molar-refractivity contribution in [1.29, 1.82) is 0 Å². The molecule has 1 aromatic rings. The molecule has 1 aliphatic heterocycles. The molecule has 23 heavy (non-hydrogen) atoms. The Kier molecular flexibility index (Phi) is 8.03. The lowest BCUT2D eigenvalue weighted by Gasteiger charge is -2.38. The molecule has 0 radical (unpaired) electrons. The zero-order valence-electron chi connectivity index (χ0n) is 13.3. The molecule has 1 heterocycles. The standard InChI is InChI=1S/C17H23ClN2O2.ClH/c1-12-8-9-20(15(10-12)11-19)17(22)7-6-16(21)13-2-4-14(18)5-3-13;/h2-5,12,15H,6-11,19H2,1H3;1H. The van der Waals surface area contributed by atoms with Crippen LogP contribution in [0.4, 0.5) is 0 Å². The number of benzene rings is 1. The summed E-state index contributed by atoms with van der Waals surface area (Å²) < 4.78 is 0. The van der Waals surface area contributed by atoms with Gasteiger partial charge in [0, 0.05) is 42.6 Å². The SMILES string of the molecule is CC1CCN(C(=O)CCC(=O)c2ccc(Cl)cc2)C(CN)C1.Cl. The van der Waals surface area contributed by atoms with E-state index in [1.165, 1.54) is 0 Å². The smallest absolute Gasteiger partial charge is 0.223 e. The highest BCUT2D eigenvalue weighted by atomic mass is 35.5. The highest BCUT2D eigenvalue weighted by molar-refractivity contribution is 6.30. The number of nitrogens with zero attached hydrogens (tertiary/aromatic N) is 1. The summed E-state index contributed by atoms with van der Waals surface area (Å²) in [5.41, 5.74) is 6.38. The number of amides is 1. The fourth-order valence-electron chi connectivity index (χ4n) is 2.95. The Hall–Kier alpha value is -1.10. The van der Waals surface area contributed by atoms with E-state index in [1.807, 2.05) is 4.90 Å². The molecule has 2 N–H and O–H groups in total. The van der Waals surface area contributed by atoms with Gasteiger partial charge >= 0.3 is 0 Å². The van der Waals surface area contributed by atoms with E-state index in [0.717, 1.165) is 19.4 Å². The molecule has 4 nitrogen and oxygen atoms in total. The fourth-order valence-corrected chi connectivity index (χ4v) is 3.07. The van der Waals surface area contributed by atoms with E-state index in [-0.39, 0.29) is 43.0 Å². The van der Waals surface area contributed by atoms with Crippen molar-refractivity contribution in [2.24, 2.45) is 11.7 Å². The largest absolute Gasteiger partial charge is 0.338 e.